The summed E-state index contributed by atoms with van der Waals surface area (Å²) >= 11 is 6.14. The Hall–Kier alpha value is -6.68. The van der Waals surface area contributed by atoms with Crippen LogP contribution in [0.25, 0.3) is 54.3 Å². The van der Waals surface area contributed by atoms with Crippen LogP contribution in [-0.2, 0) is 47.4 Å². The fourth-order valence-electron chi connectivity index (χ4n) is 8.94. The number of hydrogen-bond donors (Lipinski definition) is 6. The topological polar surface area (TPSA) is 406 Å². The number of aliphatic hydroxyl groups is 3. The Morgan fingerprint density at radius 2 is 1.08 bits per heavy atom. The van der Waals surface area contributed by atoms with Crippen LogP contribution in [0.4, 0.5) is 27.7 Å². The molecule has 8 N–H and O–H groups in total. The van der Waals surface area contributed by atoms with Crippen LogP contribution in [-0.4, -0.2) is 289 Å². The summed E-state index contributed by atoms with van der Waals surface area (Å²) in [5.74, 6) is 1.86. The van der Waals surface area contributed by atoms with E-state index in [2.05, 4.69) is 163 Å². The number of epoxide rings is 1. The number of hydrogen-bond acceptors (Lipinski definition) is 28. The largest absolute Gasteiger partial charge is 1.00 e. The van der Waals surface area contributed by atoms with Crippen molar-refractivity contribution in [2.24, 2.45) is 9.98 Å². The third-order valence-electron chi connectivity index (χ3n) is 14.1. The fraction of sp³-hybridized carbons (Fsp3) is 0.642. The first-order chi connectivity index (χ1) is 51.6. The minimum Gasteiger partial charge on any atom is -1.00 e. The quantitative estimate of drug-likeness (QED) is 0.00380. The molecule has 41 heteroatoms. The number of fused-ring (bicyclic) bond motifs is 4. The van der Waals surface area contributed by atoms with Crippen molar-refractivity contribution in [1.82, 2.24) is 103 Å². The van der Waals surface area contributed by atoms with E-state index in [1.165, 1.54) is 38.1 Å². The van der Waals surface area contributed by atoms with Crippen LogP contribution in [0.15, 0.2) is 60.6 Å². The molecule has 1 fully saturated rings. The van der Waals surface area contributed by atoms with Crippen molar-refractivity contribution < 1.29 is 79.8 Å². The van der Waals surface area contributed by atoms with E-state index in [1.54, 1.807) is 50.4 Å². The summed E-state index contributed by atoms with van der Waals surface area (Å²) in [6, 6.07) is 1.24. The zero-order chi connectivity index (χ0) is 81.4. The summed E-state index contributed by atoms with van der Waals surface area (Å²) in [5.41, 5.74) is 16.4. The smallest absolute Gasteiger partial charge is 1.00 e. The monoisotopic (exact) mass is 1580 g/mol. The Morgan fingerprint density at radius 1 is 0.667 bits per heavy atom. The van der Waals surface area contributed by atoms with E-state index >= 15 is 0 Å². The minimum absolute atomic E-state index is 0. The molecule has 0 radical (unpaired) electrons. The van der Waals surface area contributed by atoms with Gasteiger partial charge in [-0.25, -0.2) is 92.3 Å². The second-order valence-corrected chi connectivity index (χ2v) is 28.0. The Bertz CT molecular complexity index is 3820. The van der Waals surface area contributed by atoms with E-state index in [1.807, 2.05) is 80.0 Å². The van der Waals surface area contributed by atoms with Gasteiger partial charge in [0.15, 0.2) is 56.9 Å². The van der Waals surface area contributed by atoms with Crippen molar-refractivity contribution in [2.75, 3.05) is 115 Å². The van der Waals surface area contributed by atoms with Gasteiger partial charge in [0.1, 0.15) is 49.6 Å². The Kier molecular flexibility index (Phi) is 52.8. The van der Waals surface area contributed by atoms with Gasteiger partial charge in [-0.05, 0) is 106 Å². The van der Waals surface area contributed by atoms with Crippen LogP contribution in [0.5, 0.6) is 0 Å². The van der Waals surface area contributed by atoms with Gasteiger partial charge >= 0.3 is 29.6 Å². The third-order valence-corrected chi connectivity index (χ3v) is 18.8. The van der Waals surface area contributed by atoms with Gasteiger partial charge in [-0.15, -0.1) is 0 Å². The molecule has 6 atom stereocenters. The second kappa shape index (κ2) is 57.4. The van der Waals surface area contributed by atoms with Crippen LogP contribution >= 0.6 is 27.4 Å². The molecule has 8 aromatic heterocycles. The maximum Gasteiger partial charge on any atom is 1.00 e. The van der Waals surface area contributed by atoms with Crippen molar-refractivity contribution in [1.29, 1.82) is 0 Å². The summed E-state index contributed by atoms with van der Waals surface area (Å²) < 4.78 is 58.0. The van der Waals surface area contributed by atoms with Crippen molar-refractivity contribution in [2.45, 2.75) is 183 Å². The molecular formula is C67H118ClFN27NaO9P2. The van der Waals surface area contributed by atoms with Gasteiger partial charge < -0.3 is 94.2 Å². The molecule has 8 aromatic rings. The molecule has 9 rings (SSSR count). The summed E-state index contributed by atoms with van der Waals surface area (Å²) in [4.78, 5) is 73.0. The van der Waals surface area contributed by atoms with E-state index in [4.69, 9.17) is 70.1 Å². The molecule has 600 valence electrons. The number of aromatic nitrogens is 16. The molecule has 9 heterocycles. The standard InChI is InChI=1S/C21H35N8O2P.C12H18N6O.C9H18ClN2OP.C9H13N5O.C5H5N5.C5H13NO2.C4H8O.CH3F.CH4O.Na.H/c1-9-18(31-32(30-11-10-22-6)29(16(2)3)17(4)5)12-28-15-25-19-20(26-14-27(7)8)23-13-24-21(19)28;1-4-9(19)5-18-8-15-10-11(16-7-17(2)3)13-6-14-12(10)18;1-8(2)12(9(3)4)14(10)13-7-6-11-5;1-2-6(15)3-14-5-13-7-8(10)11-4-12-9(7)14;6-4-3-5(9-1-7-3)10-2-8-4;1-6(2)5(7-3)8-4;1-2-4-3-5-4;2*1-2;;/h13-18H,9-12H2,1-5,7-8H3;6-9,19H,4-5H2,1-3H3;8-9H,6-7H2,1-4H3;4-6,15H,2-3H2,1H3,(H2,10,11,12);1-2H,(H3,6,7,8,9,10);5H,1-4H3;4H,2-3H2,1H3;1H3;2H,1H3;;/q;;;;;;;;;+1;-1/t18-,32?;9-;;6-;;;4-;;;;/m11.1..1..../s1/i;;;;;;;1D;;;. The van der Waals surface area contributed by atoms with Gasteiger partial charge in [0.05, 0.1) is 97.2 Å². The molecule has 2 unspecified atom stereocenters. The van der Waals surface area contributed by atoms with Gasteiger partial charge in [0.2, 0.25) is 27.2 Å². The number of nitrogen functional groups attached to an aromatic ring is 2. The summed E-state index contributed by atoms with van der Waals surface area (Å²) in [6.07, 6.45) is 18.6. The van der Waals surface area contributed by atoms with Gasteiger partial charge in [-0.2, -0.15) is 0 Å². The average Bonchev–Trinajstić information content (AvgIpc) is 1.67. The normalized spacial score (nSPS) is 13.7. The van der Waals surface area contributed by atoms with Crippen LogP contribution in [0, 0.1) is 13.1 Å². The number of aromatic amines is 1. The predicted octanol–water partition coefficient (Wildman–Crippen LogP) is 6.79. The first kappa shape index (κ1) is 99.3. The zero-order valence-electron chi connectivity index (χ0n) is 69.0. The molecule has 0 amide bonds. The number of methoxy groups -OCH3 is 2. The predicted molar refractivity (Wildman–Crippen MR) is 424 cm³/mol. The van der Waals surface area contributed by atoms with Gasteiger partial charge in [-0.1, -0.05) is 27.7 Å². The number of ether oxygens (including phenoxy) is 3. The van der Waals surface area contributed by atoms with Crippen LogP contribution in [0.1, 0.15) is 112 Å². The third kappa shape index (κ3) is 36.9. The zero-order valence-corrected chi connectivity index (χ0v) is 71.5. The molecule has 1 aliphatic rings. The number of rotatable bonds is 31. The molecule has 36 nitrogen and oxygen atoms in total. The number of nitrogens with two attached hydrogens (primary N) is 2. The molecule has 0 spiro atoms. The van der Waals surface area contributed by atoms with E-state index < -0.39 is 35.5 Å². The van der Waals surface area contributed by atoms with Crippen molar-refractivity contribution in [3.05, 3.63) is 73.5 Å². The molecular weight excluding hydrogens is 1470 g/mol. The Balaban J connectivity index is 0. The van der Waals surface area contributed by atoms with Gasteiger partial charge in [-0.3, -0.25) is 9.29 Å². The number of aliphatic hydroxyl groups excluding tert-OH is 3. The number of nitrogens with one attached hydrogen (secondary N) is 1. The van der Waals surface area contributed by atoms with E-state index in [-0.39, 0.29) is 55.6 Å². The summed E-state index contributed by atoms with van der Waals surface area (Å²) in [6.45, 7) is 42.7. The van der Waals surface area contributed by atoms with E-state index in [0.717, 1.165) is 25.8 Å². The fourth-order valence-corrected chi connectivity index (χ4v) is 13.1. The van der Waals surface area contributed by atoms with E-state index in [9.17, 15) is 14.6 Å². The first-order valence-corrected chi connectivity index (χ1v) is 37.8. The maximum absolute atomic E-state index is 9.96. The number of H-pyrrole nitrogens is 1. The number of aliphatic imine (C=N–C) groups is 2. The second-order valence-electron chi connectivity index (χ2n) is 24.5. The first-order valence-electron chi connectivity index (χ1n) is 35.2. The SMILES string of the molecule is CC[C@@H](O)Cn1cnc2c(N)ncnc21.CC[C@@H](O)Cn1cnc2c(N=CN(C)C)ncnc21.CC[C@@H]1CO1.CO.COC(OC)N(C)C.Nc1ncnc2nc[nH]c12.[2H]CF.[C-]#[N+]CCOP(Cl)N(C(C)C)C(C)C.[C-]#[N+]CCOP(O[C@H](CC)Cn1cnc2c(N=CN(C)C)ncnc21)N(C(C)C)C(C)C.[H-].[Na+]. The number of halogens is 2. The molecule has 0 aliphatic carbocycles. The molecule has 108 heavy (non-hydrogen) atoms. The number of nitrogens with zero attached hydrogens (tertiary/aromatic N) is 24. The van der Waals surface area contributed by atoms with Crippen molar-refractivity contribution >= 4 is 108 Å². The number of anilines is 2. The number of imidazole rings is 4. The summed E-state index contributed by atoms with van der Waals surface area (Å²) in [7, 11) is 12.2. The van der Waals surface area contributed by atoms with Gasteiger partial charge in [0.25, 0.3) is 8.53 Å². The summed E-state index contributed by atoms with van der Waals surface area (Å²) in [5, 5.41) is 26.2. The molecule has 0 aromatic carbocycles. The Labute approximate surface area is 668 Å². The Morgan fingerprint density at radius 3 is 1.45 bits per heavy atom. The molecule has 1 saturated heterocycles. The van der Waals surface area contributed by atoms with E-state index in [0.29, 0.717) is 139 Å². The minimum atomic E-state index is -1.31. The van der Waals surface area contributed by atoms with Crippen molar-refractivity contribution in [3.8, 4) is 0 Å². The van der Waals surface area contributed by atoms with Gasteiger partial charge in [0, 0.05) is 73.7 Å². The van der Waals surface area contributed by atoms with Crippen molar-refractivity contribution in [3.63, 3.8) is 0 Å². The van der Waals surface area contributed by atoms with Crippen LogP contribution < -0.4 is 41.0 Å². The number of alkyl halides is 1. The average molecular weight is 1590 g/mol. The molecule has 0 bridgehead atoms. The maximum atomic E-state index is 9.96. The molecule has 1 aliphatic heterocycles. The van der Waals surface area contributed by atoms with Crippen LogP contribution in [0.2, 0.25) is 0 Å². The molecule has 0 saturated carbocycles. The van der Waals surface area contributed by atoms with Crippen LogP contribution in [0.3, 0.4) is 0 Å².